The average molecular weight is 461 g/mol. The van der Waals surface area contributed by atoms with Crippen molar-refractivity contribution in [3.63, 3.8) is 0 Å². The molecule has 0 radical (unpaired) electrons. The lowest BCUT2D eigenvalue weighted by Crippen LogP contribution is -2.39. The normalized spacial score (nSPS) is 16.0. The summed E-state index contributed by atoms with van der Waals surface area (Å²) >= 11 is 1.30. The van der Waals surface area contributed by atoms with Gasteiger partial charge in [-0.15, -0.1) is 0 Å². The molecule has 4 rings (SSSR count). The Morgan fingerprint density at radius 2 is 1.88 bits per heavy atom. The summed E-state index contributed by atoms with van der Waals surface area (Å²) in [4.78, 5) is 31.4. The highest BCUT2D eigenvalue weighted by Gasteiger charge is 2.33. The number of aromatic nitrogens is 1. The lowest BCUT2D eigenvalue weighted by atomic mass is 9.96. The van der Waals surface area contributed by atoms with Crippen molar-refractivity contribution < 1.29 is 14.3 Å². The molecule has 0 fully saturated rings. The number of hydrogen-bond donors (Lipinski definition) is 0. The third kappa shape index (κ3) is 4.59. The van der Waals surface area contributed by atoms with Gasteiger partial charge in [0, 0.05) is 0 Å². The zero-order valence-corrected chi connectivity index (χ0v) is 19.5. The van der Waals surface area contributed by atoms with Crippen LogP contribution in [0.1, 0.15) is 31.0 Å². The number of benzene rings is 2. The zero-order valence-electron chi connectivity index (χ0n) is 18.6. The molecule has 2 aromatic carbocycles. The first-order valence-electron chi connectivity index (χ1n) is 10.6. The van der Waals surface area contributed by atoms with E-state index in [9.17, 15) is 9.59 Å². The fraction of sp³-hybridized carbons (Fsp3) is 0.192. The molecule has 0 amide bonds. The summed E-state index contributed by atoms with van der Waals surface area (Å²) in [5, 5.41) is 0. The molecule has 168 valence electrons. The molecule has 6 nitrogen and oxygen atoms in total. The second-order valence-electron chi connectivity index (χ2n) is 7.37. The fourth-order valence-electron chi connectivity index (χ4n) is 3.72. The predicted molar refractivity (Wildman–Crippen MR) is 130 cm³/mol. The van der Waals surface area contributed by atoms with Gasteiger partial charge in [-0.05, 0) is 43.2 Å². The number of methoxy groups -OCH3 is 1. The topological polar surface area (TPSA) is 69.9 Å². The summed E-state index contributed by atoms with van der Waals surface area (Å²) in [6.45, 7) is 3.76. The van der Waals surface area contributed by atoms with Gasteiger partial charge in [-0.3, -0.25) is 9.36 Å². The van der Waals surface area contributed by atoms with Crippen LogP contribution in [0.2, 0.25) is 0 Å². The summed E-state index contributed by atoms with van der Waals surface area (Å²) in [6, 6.07) is 16.6. The molecule has 0 saturated carbocycles. The number of rotatable bonds is 6. The monoisotopic (exact) mass is 460 g/mol. The van der Waals surface area contributed by atoms with Crippen LogP contribution in [0.3, 0.4) is 0 Å². The maximum atomic E-state index is 13.4. The first kappa shape index (κ1) is 22.5. The third-order valence-electron chi connectivity index (χ3n) is 5.28. The van der Waals surface area contributed by atoms with Gasteiger partial charge in [0.05, 0.1) is 35.6 Å². The number of carbonyl (C=O) groups excluding carboxylic acids is 1. The van der Waals surface area contributed by atoms with E-state index in [0.717, 1.165) is 11.1 Å². The number of ether oxygens (including phenoxy) is 2. The van der Waals surface area contributed by atoms with Crippen LogP contribution in [0.5, 0.6) is 5.75 Å². The smallest absolute Gasteiger partial charge is 0.338 e. The molecule has 1 aliphatic heterocycles. The molecule has 0 bridgehead atoms. The van der Waals surface area contributed by atoms with E-state index in [2.05, 4.69) is 4.99 Å². The molecule has 7 heteroatoms. The summed E-state index contributed by atoms with van der Waals surface area (Å²) in [5.41, 5.74) is 2.52. The van der Waals surface area contributed by atoms with Crippen molar-refractivity contribution in [2.45, 2.75) is 19.9 Å². The van der Waals surface area contributed by atoms with Gasteiger partial charge >= 0.3 is 5.97 Å². The summed E-state index contributed by atoms with van der Waals surface area (Å²) < 4.78 is 12.7. The van der Waals surface area contributed by atoms with Crippen molar-refractivity contribution >= 4 is 29.5 Å². The standard InChI is InChI=1S/C26H24N2O4S/c1-4-32-25(30)22-17(2)27-26-28(23(22)19-13-15-20(31-3)16-14-19)24(29)21(33-26)12-8-11-18-9-6-5-7-10-18/h5-16,23H,4H2,1-3H3/b11-8+,21-12?/t23-/m1/s1. The molecular weight excluding hydrogens is 436 g/mol. The van der Waals surface area contributed by atoms with Gasteiger partial charge in [0.1, 0.15) is 5.75 Å². The van der Waals surface area contributed by atoms with Crippen molar-refractivity contribution in [3.05, 3.63) is 103 Å². The van der Waals surface area contributed by atoms with Gasteiger partial charge in [-0.25, -0.2) is 9.79 Å². The molecule has 0 N–H and O–H groups in total. The van der Waals surface area contributed by atoms with Crippen molar-refractivity contribution in [3.8, 4) is 5.75 Å². The highest BCUT2D eigenvalue weighted by Crippen LogP contribution is 2.31. The van der Waals surface area contributed by atoms with Crippen molar-refractivity contribution in [2.75, 3.05) is 13.7 Å². The Balaban J connectivity index is 1.85. The van der Waals surface area contributed by atoms with Crippen LogP contribution in [-0.2, 0) is 9.53 Å². The van der Waals surface area contributed by atoms with Crippen LogP contribution in [0, 0.1) is 0 Å². The Morgan fingerprint density at radius 1 is 1.15 bits per heavy atom. The Kier molecular flexibility index (Phi) is 6.70. The molecule has 2 heterocycles. The van der Waals surface area contributed by atoms with Gasteiger partial charge < -0.3 is 9.47 Å². The van der Waals surface area contributed by atoms with Crippen LogP contribution < -0.4 is 19.6 Å². The first-order valence-corrected chi connectivity index (χ1v) is 11.4. The van der Waals surface area contributed by atoms with E-state index in [1.54, 1.807) is 31.6 Å². The van der Waals surface area contributed by atoms with E-state index in [-0.39, 0.29) is 12.2 Å². The van der Waals surface area contributed by atoms with Gasteiger partial charge in [-0.1, -0.05) is 66.0 Å². The molecule has 1 atom stereocenters. The SMILES string of the molecule is CCOC(=O)C1=C(C)N=c2sc(=C/C=C/c3ccccc3)c(=O)n2[C@@H]1c1ccc(OC)cc1. The minimum atomic E-state index is -0.633. The summed E-state index contributed by atoms with van der Waals surface area (Å²) in [7, 11) is 1.59. The molecule has 1 aliphatic rings. The predicted octanol–water partition coefficient (Wildman–Crippen LogP) is 3.47. The Bertz CT molecular complexity index is 1400. The van der Waals surface area contributed by atoms with E-state index >= 15 is 0 Å². The van der Waals surface area contributed by atoms with Crippen molar-refractivity contribution in [1.29, 1.82) is 0 Å². The molecule has 0 aliphatic carbocycles. The number of nitrogens with zero attached hydrogens (tertiary/aromatic N) is 2. The first-order chi connectivity index (χ1) is 16.0. The van der Waals surface area contributed by atoms with E-state index in [1.807, 2.05) is 66.7 Å². The second kappa shape index (κ2) is 9.83. The maximum Gasteiger partial charge on any atom is 0.338 e. The molecule has 3 aromatic rings. The fourth-order valence-corrected chi connectivity index (χ4v) is 4.72. The largest absolute Gasteiger partial charge is 0.497 e. The Morgan fingerprint density at radius 3 is 2.55 bits per heavy atom. The number of hydrogen-bond acceptors (Lipinski definition) is 6. The second-order valence-corrected chi connectivity index (χ2v) is 8.38. The third-order valence-corrected chi connectivity index (χ3v) is 6.29. The van der Waals surface area contributed by atoms with E-state index < -0.39 is 12.0 Å². The lowest BCUT2D eigenvalue weighted by Gasteiger charge is -2.24. The molecule has 33 heavy (non-hydrogen) atoms. The number of carbonyl (C=O) groups is 1. The van der Waals surface area contributed by atoms with Crippen molar-refractivity contribution in [1.82, 2.24) is 4.57 Å². The minimum absolute atomic E-state index is 0.202. The number of fused-ring (bicyclic) bond motifs is 1. The quantitative estimate of drug-likeness (QED) is 0.528. The van der Waals surface area contributed by atoms with Gasteiger partial charge in [0.2, 0.25) is 0 Å². The Labute approximate surface area is 195 Å². The van der Waals surface area contributed by atoms with Crippen LogP contribution in [-0.4, -0.2) is 24.3 Å². The number of allylic oxidation sites excluding steroid dienone is 2. The van der Waals surface area contributed by atoms with E-state index in [4.69, 9.17) is 9.47 Å². The summed E-state index contributed by atoms with van der Waals surface area (Å²) in [6.07, 6.45) is 5.57. The highest BCUT2D eigenvalue weighted by atomic mass is 32.1. The highest BCUT2D eigenvalue weighted by molar-refractivity contribution is 7.07. The molecule has 0 saturated heterocycles. The van der Waals surface area contributed by atoms with Crippen molar-refractivity contribution in [2.24, 2.45) is 4.99 Å². The number of esters is 1. The van der Waals surface area contributed by atoms with E-state index in [1.165, 1.54) is 11.3 Å². The molecular formula is C26H24N2O4S. The van der Waals surface area contributed by atoms with Crippen LogP contribution >= 0.6 is 11.3 Å². The van der Waals surface area contributed by atoms with Gasteiger partial charge in [0.25, 0.3) is 5.56 Å². The lowest BCUT2D eigenvalue weighted by molar-refractivity contribution is -0.139. The Hall–Kier alpha value is -3.71. The van der Waals surface area contributed by atoms with Gasteiger partial charge in [-0.2, -0.15) is 0 Å². The molecule has 0 spiro atoms. The van der Waals surface area contributed by atoms with Crippen LogP contribution in [0.15, 0.2) is 81.7 Å². The molecule has 0 unspecified atom stereocenters. The maximum absolute atomic E-state index is 13.4. The minimum Gasteiger partial charge on any atom is -0.497 e. The van der Waals surface area contributed by atoms with Gasteiger partial charge in [0.15, 0.2) is 4.80 Å². The van der Waals surface area contributed by atoms with E-state index in [0.29, 0.717) is 26.4 Å². The average Bonchev–Trinajstić information content (AvgIpc) is 3.13. The summed E-state index contributed by atoms with van der Waals surface area (Å²) in [5.74, 6) is 0.216. The van der Waals surface area contributed by atoms with Crippen LogP contribution in [0.25, 0.3) is 12.2 Å². The van der Waals surface area contributed by atoms with Crippen LogP contribution in [0.4, 0.5) is 0 Å². The zero-order chi connectivity index (χ0) is 23.4. The molecule has 1 aromatic heterocycles. The number of thiazole rings is 1.